The van der Waals surface area contributed by atoms with E-state index in [1.54, 1.807) is 36.5 Å². The summed E-state index contributed by atoms with van der Waals surface area (Å²) in [4.78, 5) is 4.33. The zero-order valence-electron chi connectivity index (χ0n) is 11.0. The van der Waals surface area contributed by atoms with Gasteiger partial charge in [0.25, 0.3) is 0 Å². The van der Waals surface area contributed by atoms with Crippen LogP contribution >= 0.6 is 0 Å². The number of hydrazine groups is 1. The molecule has 2 aromatic rings. The van der Waals surface area contributed by atoms with E-state index in [4.69, 9.17) is 5.84 Å². The molecule has 2 rings (SSSR count). The first-order valence-electron chi connectivity index (χ1n) is 5.94. The van der Waals surface area contributed by atoms with Crippen LogP contribution in [0.5, 0.6) is 0 Å². The first-order valence-corrected chi connectivity index (χ1v) is 7.84. The van der Waals surface area contributed by atoms with Crippen LogP contribution in [0.25, 0.3) is 0 Å². The Bertz CT molecular complexity index is 684. The highest BCUT2D eigenvalue weighted by molar-refractivity contribution is 7.90. The third-order valence-corrected chi connectivity index (χ3v) is 3.88. The number of pyridine rings is 1. The van der Waals surface area contributed by atoms with Gasteiger partial charge in [-0.1, -0.05) is 12.1 Å². The monoisotopic (exact) mass is 292 g/mol. The number of hydrogen-bond acceptors (Lipinski definition) is 6. The molecule has 0 aliphatic rings. The molecule has 20 heavy (non-hydrogen) atoms. The summed E-state index contributed by atoms with van der Waals surface area (Å²) in [5, 5.41) is 3.21. The van der Waals surface area contributed by atoms with Gasteiger partial charge >= 0.3 is 0 Å². The molecule has 0 atom stereocenters. The molecule has 106 valence electrons. The Morgan fingerprint density at radius 2 is 1.90 bits per heavy atom. The van der Waals surface area contributed by atoms with Crippen molar-refractivity contribution in [2.24, 2.45) is 5.84 Å². The Morgan fingerprint density at radius 1 is 1.20 bits per heavy atom. The van der Waals surface area contributed by atoms with E-state index < -0.39 is 9.84 Å². The van der Waals surface area contributed by atoms with Crippen molar-refractivity contribution < 1.29 is 8.42 Å². The maximum Gasteiger partial charge on any atom is 0.175 e. The molecule has 0 aliphatic carbocycles. The molecule has 1 aromatic heterocycles. The zero-order valence-corrected chi connectivity index (χ0v) is 11.8. The van der Waals surface area contributed by atoms with Crippen molar-refractivity contribution in [1.82, 2.24) is 4.98 Å². The molecule has 0 unspecified atom stereocenters. The summed E-state index contributed by atoms with van der Waals surface area (Å²) < 4.78 is 22.7. The summed E-state index contributed by atoms with van der Waals surface area (Å²) >= 11 is 0. The topological polar surface area (TPSA) is 97.1 Å². The van der Waals surface area contributed by atoms with E-state index in [1.165, 1.54) is 6.26 Å². The van der Waals surface area contributed by atoms with Gasteiger partial charge in [-0.15, -0.1) is 0 Å². The van der Waals surface area contributed by atoms with E-state index in [2.05, 4.69) is 15.7 Å². The van der Waals surface area contributed by atoms with Crippen molar-refractivity contribution in [3.8, 4) is 0 Å². The standard InChI is InChI=1S/C13H16N4O2S/c1-20(18,19)12-4-2-10(3-5-12)9-16-11-6-7-15-13(8-11)17-14/h2-8H,9,14H2,1H3,(H2,15,16,17). The van der Waals surface area contributed by atoms with Gasteiger partial charge in [0.2, 0.25) is 0 Å². The molecule has 0 amide bonds. The predicted octanol–water partition coefficient (Wildman–Crippen LogP) is 1.38. The van der Waals surface area contributed by atoms with Crippen molar-refractivity contribution in [2.75, 3.05) is 17.0 Å². The smallest absolute Gasteiger partial charge is 0.175 e. The van der Waals surface area contributed by atoms with E-state index in [0.29, 0.717) is 17.3 Å². The van der Waals surface area contributed by atoms with Crippen LogP contribution in [0, 0.1) is 0 Å². The van der Waals surface area contributed by atoms with Crippen molar-refractivity contribution in [3.63, 3.8) is 0 Å². The highest BCUT2D eigenvalue weighted by Crippen LogP contribution is 2.14. The maximum absolute atomic E-state index is 11.4. The molecule has 0 radical (unpaired) electrons. The van der Waals surface area contributed by atoms with Crippen LogP contribution in [0.15, 0.2) is 47.5 Å². The average molecular weight is 292 g/mol. The molecule has 0 spiro atoms. The highest BCUT2D eigenvalue weighted by Gasteiger charge is 2.05. The van der Waals surface area contributed by atoms with Crippen LogP contribution in [0.3, 0.4) is 0 Å². The Kier molecular flexibility index (Phi) is 4.21. The highest BCUT2D eigenvalue weighted by atomic mass is 32.2. The van der Waals surface area contributed by atoms with Crippen LogP contribution in [0.4, 0.5) is 11.5 Å². The van der Waals surface area contributed by atoms with Gasteiger partial charge in [-0.3, -0.25) is 0 Å². The first kappa shape index (κ1) is 14.3. The number of nitrogen functional groups attached to an aromatic ring is 1. The van der Waals surface area contributed by atoms with Crippen LogP contribution in [-0.4, -0.2) is 19.7 Å². The number of anilines is 2. The van der Waals surface area contributed by atoms with E-state index in [9.17, 15) is 8.42 Å². The minimum atomic E-state index is -3.15. The number of aromatic nitrogens is 1. The fraction of sp³-hybridized carbons (Fsp3) is 0.154. The van der Waals surface area contributed by atoms with Gasteiger partial charge in [-0.25, -0.2) is 19.2 Å². The number of nitrogens with zero attached hydrogens (tertiary/aromatic N) is 1. The van der Waals surface area contributed by atoms with Gasteiger partial charge < -0.3 is 10.7 Å². The van der Waals surface area contributed by atoms with Crippen LogP contribution in [0.2, 0.25) is 0 Å². The second-order valence-electron chi connectivity index (χ2n) is 4.34. The Balaban J connectivity index is 2.04. The normalized spacial score (nSPS) is 11.1. The van der Waals surface area contributed by atoms with Gasteiger partial charge in [0, 0.05) is 30.8 Å². The largest absolute Gasteiger partial charge is 0.381 e. The SMILES string of the molecule is CS(=O)(=O)c1ccc(CNc2ccnc(NN)c2)cc1. The first-order chi connectivity index (χ1) is 9.49. The fourth-order valence-corrected chi connectivity index (χ4v) is 2.31. The molecule has 0 aliphatic heterocycles. The average Bonchev–Trinajstić information content (AvgIpc) is 2.45. The summed E-state index contributed by atoms with van der Waals surface area (Å²) in [5.74, 6) is 5.86. The van der Waals surface area contributed by atoms with Gasteiger partial charge in [0.1, 0.15) is 5.82 Å². The molecule has 4 N–H and O–H groups in total. The molecule has 1 aromatic carbocycles. The van der Waals surface area contributed by atoms with E-state index >= 15 is 0 Å². The van der Waals surface area contributed by atoms with Gasteiger partial charge in [0.05, 0.1) is 4.90 Å². The van der Waals surface area contributed by atoms with Crippen molar-refractivity contribution in [2.45, 2.75) is 11.4 Å². The summed E-state index contributed by atoms with van der Waals surface area (Å²) in [6, 6.07) is 10.4. The molecular weight excluding hydrogens is 276 g/mol. The predicted molar refractivity (Wildman–Crippen MR) is 78.9 cm³/mol. The molecule has 1 heterocycles. The molecule has 6 nitrogen and oxygen atoms in total. The van der Waals surface area contributed by atoms with Crippen LogP contribution in [0.1, 0.15) is 5.56 Å². The molecule has 0 saturated heterocycles. The minimum Gasteiger partial charge on any atom is -0.381 e. The molecule has 0 bridgehead atoms. The third-order valence-electron chi connectivity index (χ3n) is 2.76. The van der Waals surface area contributed by atoms with Crippen molar-refractivity contribution in [3.05, 3.63) is 48.2 Å². The Morgan fingerprint density at radius 3 is 2.50 bits per heavy atom. The number of nitrogens with one attached hydrogen (secondary N) is 2. The summed E-state index contributed by atoms with van der Waals surface area (Å²) in [6.45, 7) is 0.581. The molecular formula is C13H16N4O2S. The summed E-state index contributed by atoms with van der Waals surface area (Å²) in [5.41, 5.74) is 4.33. The van der Waals surface area contributed by atoms with E-state index in [1.807, 2.05) is 6.07 Å². The Hall–Kier alpha value is -2.12. The lowest BCUT2D eigenvalue weighted by Crippen LogP contribution is -2.09. The van der Waals surface area contributed by atoms with Crippen LogP contribution in [-0.2, 0) is 16.4 Å². The number of nitrogens with two attached hydrogens (primary N) is 1. The second-order valence-corrected chi connectivity index (χ2v) is 6.36. The van der Waals surface area contributed by atoms with E-state index in [0.717, 1.165) is 11.3 Å². The Labute approximate surface area is 117 Å². The maximum atomic E-state index is 11.4. The molecule has 0 saturated carbocycles. The zero-order chi connectivity index (χ0) is 14.6. The quantitative estimate of drug-likeness (QED) is 0.569. The minimum absolute atomic E-state index is 0.319. The number of hydrogen-bond donors (Lipinski definition) is 3. The summed E-state index contributed by atoms with van der Waals surface area (Å²) in [6.07, 6.45) is 2.84. The molecule has 7 heteroatoms. The molecule has 0 fully saturated rings. The van der Waals surface area contributed by atoms with Crippen LogP contribution < -0.4 is 16.6 Å². The number of rotatable bonds is 5. The third kappa shape index (κ3) is 3.69. The lowest BCUT2D eigenvalue weighted by atomic mass is 10.2. The van der Waals surface area contributed by atoms with Crippen molar-refractivity contribution in [1.29, 1.82) is 0 Å². The van der Waals surface area contributed by atoms with Gasteiger partial charge in [-0.2, -0.15) is 0 Å². The van der Waals surface area contributed by atoms with E-state index in [-0.39, 0.29) is 0 Å². The number of sulfone groups is 1. The van der Waals surface area contributed by atoms with Gasteiger partial charge in [-0.05, 0) is 23.8 Å². The lowest BCUT2D eigenvalue weighted by Gasteiger charge is -2.08. The van der Waals surface area contributed by atoms with Crippen molar-refractivity contribution >= 4 is 21.3 Å². The van der Waals surface area contributed by atoms with Gasteiger partial charge in [0.15, 0.2) is 9.84 Å². The summed E-state index contributed by atoms with van der Waals surface area (Å²) in [7, 11) is -3.15. The second kappa shape index (κ2) is 5.89. The number of benzene rings is 1. The lowest BCUT2D eigenvalue weighted by molar-refractivity contribution is 0.602. The fourth-order valence-electron chi connectivity index (χ4n) is 1.68.